The number of nitrogens with one attached hydrogen (secondary N) is 1. The van der Waals surface area contributed by atoms with E-state index >= 15 is 0 Å². The molecular weight excluding hydrogens is 462 g/mol. The van der Waals surface area contributed by atoms with E-state index in [4.69, 9.17) is 5.14 Å². The first-order chi connectivity index (χ1) is 16.6. The third kappa shape index (κ3) is 6.41. The van der Waals surface area contributed by atoms with Crippen molar-refractivity contribution in [2.75, 3.05) is 4.72 Å². The Morgan fingerprint density at radius 1 is 0.912 bits per heavy atom. The fourth-order valence-corrected chi connectivity index (χ4v) is 4.92. The summed E-state index contributed by atoms with van der Waals surface area (Å²) in [5, 5.41) is 5.62. The molecule has 0 amide bonds. The number of aryl methyl sites for hydroxylation is 1. The average molecular weight is 488 g/mol. The number of nitrogens with two attached hydrogens (primary N) is 1. The summed E-state index contributed by atoms with van der Waals surface area (Å²) in [6.45, 7) is 0. The second kappa shape index (κ2) is 11.7. The van der Waals surface area contributed by atoms with Gasteiger partial charge in [0.2, 0.25) is 0 Å². The molecular formula is C27H25N3O2S2. The fraction of sp³-hybridized carbons (Fsp3) is 0.111. The molecule has 1 unspecified atom stereocenters. The molecule has 4 rings (SSSR count). The molecule has 0 aliphatic carbocycles. The zero-order valence-electron chi connectivity index (χ0n) is 18.5. The molecule has 0 saturated carbocycles. The topological polar surface area (TPSA) is 85.1 Å². The van der Waals surface area contributed by atoms with Crippen molar-refractivity contribution in [1.82, 2.24) is 4.98 Å². The Morgan fingerprint density at radius 3 is 2.38 bits per heavy atom. The molecule has 0 bridgehead atoms. The van der Waals surface area contributed by atoms with E-state index in [-0.39, 0.29) is 5.78 Å². The van der Waals surface area contributed by atoms with Gasteiger partial charge in [-0.2, -0.15) is 0 Å². The van der Waals surface area contributed by atoms with Crippen LogP contribution in [0, 0.1) is 0 Å². The Bertz CT molecular complexity index is 1260. The highest BCUT2D eigenvalue weighted by Gasteiger charge is 2.12. The molecule has 0 radical (unpaired) electrons. The Hall–Kier alpha value is -3.26. The number of pyridine rings is 1. The van der Waals surface area contributed by atoms with Crippen molar-refractivity contribution in [3.05, 3.63) is 108 Å². The Morgan fingerprint density at radius 2 is 1.68 bits per heavy atom. The van der Waals surface area contributed by atoms with E-state index in [1.165, 1.54) is 11.9 Å². The monoisotopic (exact) mass is 487 g/mol. The van der Waals surface area contributed by atoms with Crippen LogP contribution >= 0.6 is 11.9 Å². The number of Topliss-reactive ketones (excluding diaryl/α,β-unsaturated/α-hetero) is 1. The lowest BCUT2D eigenvalue weighted by Crippen LogP contribution is -2.07. The molecule has 7 heteroatoms. The van der Waals surface area contributed by atoms with Gasteiger partial charge >= 0.3 is 0 Å². The standard InChI is InChI=1S/C27H25N3O2S2/c28-33-25-15-10-22(11-16-25)26-5-1-2-6-27(26)34(32)30-23-12-7-20(8-13-23)18-24(31)14-9-21-4-3-17-29-19-21/h1-8,10-13,15-17,19,30H,9,14,18,28H2. The average Bonchev–Trinajstić information content (AvgIpc) is 2.89. The highest BCUT2D eigenvalue weighted by Crippen LogP contribution is 2.28. The third-order valence-corrected chi connectivity index (χ3v) is 7.09. The first-order valence-electron chi connectivity index (χ1n) is 10.9. The minimum absolute atomic E-state index is 0.182. The summed E-state index contributed by atoms with van der Waals surface area (Å²) >= 11 is 1.20. The second-order valence-electron chi connectivity index (χ2n) is 7.78. The maximum absolute atomic E-state index is 13.1. The molecule has 4 aromatic rings. The van der Waals surface area contributed by atoms with E-state index < -0.39 is 11.0 Å². The number of carbonyl (C=O) groups excluding carboxylic acids is 1. The zero-order chi connectivity index (χ0) is 23.8. The lowest BCUT2D eigenvalue weighted by atomic mass is 10.0. The maximum atomic E-state index is 13.1. The number of benzene rings is 3. The van der Waals surface area contributed by atoms with Crippen LogP contribution in [0.25, 0.3) is 11.1 Å². The van der Waals surface area contributed by atoms with Crippen molar-refractivity contribution in [2.24, 2.45) is 5.14 Å². The van der Waals surface area contributed by atoms with Gasteiger partial charge in [0.05, 0.1) is 4.90 Å². The molecule has 0 aliphatic rings. The summed E-state index contributed by atoms with van der Waals surface area (Å²) in [6, 6.07) is 26.9. The van der Waals surface area contributed by atoms with E-state index in [0.717, 1.165) is 32.8 Å². The number of anilines is 1. The molecule has 5 nitrogen and oxygen atoms in total. The summed E-state index contributed by atoms with van der Waals surface area (Å²) in [4.78, 5) is 18.1. The van der Waals surface area contributed by atoms with Gasteiger partial charge in [0.1, 0.15) is 5.78 Å². The van der Waals surface area contributed by atoms with E-state index in [0.29, 0.717) is 24.2 Å². The second-order valence-corrected chi connectivity index (χ2v) is 9.67. The first kappa shape index (κ1) is 23.9. The van der Waals surface area contributed by atoms with Gasteiger partial charge in [-0.1, -0.05) is 48.5 Å². The van der Waals surface area contributed by atoms with Gasteiger partial charge in [0, 0.05) is 35.8 Å². The normalized spacial score (nSPS) is 11.7. The van der Waals surface area contributed by atoms with E-state index in [1.54, 1.807) is 12.4 Å². The van der Waals surface area contributed by atoms with Crippen LogP contribution in [0.1, 0.15) is 17.5 Å². The summed E-state index contributed by atoms with van der Waals surface area (Å²) in [5.41, 5.74) is 4.61. The molecule has 1 aromatic heterocycles. The van der Waals surface area contributed by atoms with Crippen LogP contribution in [0.4, 0.5) is 5.69 Å². The van der Waals surface area contributed by atoms with E-state index in [1.807, 2.05) is 84.9 Å². The molecule has 172 valence electrons. The van der Waals surface area contributed by atoms with Crippen molar-refractivity contribution in [3.8, 4) is 11.1 Å². The number of nitrogens with zero attached hydrogens (tertiary/aromatic N) is 1. The quantitative estimate of drug-likeness (QED) is 0.285. The van der Waals surface area contributed by atoms with E-state index in [9.17, 15) is 9.00 Å². The van der Waals surface area contributed by atoms with Crippen molar-refractivity contribution < 1.29 is 9.00 Å². The number of hydrogen-bond acceptors (Lipinski definition) is 5. The largest absolute Gasteiger partial charge is 0.301 e. The molecule has 3 aromatic carbocycles. The van der Waals surface area contributed by atoms with Gasteiger partial charge < -0.3 is 4.72 Å². The Balaban J connectivity index is 1.38. The van der Waals surface area contributed by atoms with Gasteiger partial charge in [0.15, 0.2) is 11.0 Å². The molecule has 1 heterocycles. The van der Waals surface area contributed by atoms with Crippen LogP contribution in [0.3, 0.4) is 0 Å². The zero-order valence-corrected chi connectivity index (χ0v) is 20.1. The molecule has 34 heavy (non-hydrogen) atoms. The SMILES string of the molecule is NSc1ccc(-c2ccccc2S(=O)Nc2ccc(CC(=O)CCc3cccnc3)cc2)cc1. The lowest BCUT2D eigenvalue weighted by molar-refractivity contribution is -0.118. The van der Waals surface area contributed by atoms with Crippen LogP contribution in [0.5, 0.6) is 0 Å². The molecule has 0 aliphatic heterocycles. The predicted octanol–water partition coefficient (Wildman–Crippen LogP) is 5.59. The van der Waals surface area contributed by atoms with Crippen molar-refractivity contribution in [3.63, 3.8) is 0 Å². The number of aromatic nitrogens is 1. The maximum Gasteiger partial charge on any atom is 0.150 e. The smallest absolute Gasteiger partial charge is 0.150 e. The molecule has 3 N–H and O–H groups in total. The summed E-state index contributed by atoms with van der Waals surface area (Å²) in [7, 11) is -1.45. The van der Waals surface area contributed by atoms with Crippen LogP contribution < -0.4 is 9.86 Å². The molecule has 1 atom stereocenters. The molecule has 0 fully saturated rings. The molecule has 0 spiro atoms. The summed E-state index contributed by atoms with van der Waals surface area (Å²) in [6.07, 6.45) is 5.07. The highest BCUT2D eigenvalue weighted by atomic mass is 32.2. The number of hydrogen-bond donors (Lipinski definition) is 2. The van der Waals surface area contributed by atoms with Crippen LogP contribution in [0.2, 0.25) is 0 Å². The van der Waals surface area contributed by atoms with Gasteiger partial charge in [0.25, 0.3) is 0 Å². The van der Waals surface area contributed by atoms with Crippen LogP contribution in [0.15, 0.2) is 107 Å². The van der Waals surface area contributed by atoms with Crippen molar-refractivity contribution >= 4 is 34.4 Å². The predicted molar refractivity (Wildman–Crippen MR) is 140 cm³/mol. The summed E-state index contributed by atoms with van der Waals surface area (Å²) in [5.74, 6) is 0.182. The van der Waals surface area contributed by atoms with Crippen molar-refractivity contribution in [2.45, 2.75) is 29.1 Å². The number of rotatable bonds is 10. The minimum Gasteiger partial charge on any atom is -0.301 e. The first-order valence-corrected chi connectivity index (χ1v) is 12.9. The third-order valence-electron chi connectivity index (χ3n) is 5.37. The van der Waals surface area contributed by atoms with Crippen LogP contribution in [-0.4, -0.2) is 15.0 Å². The Labute approximate surface area is 206 Å². The van der Waals surface area contributed by atoms with Gasteiger partial charge in [-0.3, -0.25) is 14.9 Å². The van der Waals surface area contributed by atoms with Crippen LogP contribution in [-0.2, 0) is 28.6 Å². The fourth-order valence-electron chi connectivity index (χ4n) is 3.58. The minimum atomic E-state index is -1.45. The van der Waals surface area contributed by atoms with Gasteiger partial charge in [-0.15, -0.1) is 0 Å². The Kier molecular flexibility index (Phi) is 8.25. The lowest BCUT2D eigenvalue weighted by Gasteiger charge is -2.12. The molecule has 0 saturated heterocycles. The van der Waals surface area contributed by atoms with Crippen molar-refractivity contribution in [1.29, 1.82) is 0 Å². The summed E-state index contributed by atoms with van der Waals surface area (Å²) < 4.78 is 16.2. The highest BCUT2D eigenvalue weighted by molar-refractivity contribution is 7.97. The number of carbonyl (C=O) groups is 1. The van der Waals surface area contributed by atoms with Gasteiger partial charge in [-0.05, 0) is 77.0 Å². The van der Waals surface area contributed by atoms with Gasteiger partial charge in [-0.25, -0.2) is 4.21 Å². The number of ketones is 1. The van der Waals surface area contributed by atoms with E-state index in [2.05, 4.69) is 9.71 Å².